The van der Waals surface area contributed by atoms with Crippen molar-refractivity contribution in [2.75, 3.05) is 7.11 Å². The maximum atomic E-state index is 13.8. The molecule has 6 heteroatoms. The van der Waals surface area contributed by atoms with Crippen LogP contribution in [0.15, 0.2) is 41.0 Å². The van der Waals surface area contributed by atoms with E-state index in [1.54, 1.807) is 19.1 Å². The van der Waals surface area contributed by atoms with Crippen molar-refractivity contribution < 1.29 is 23.4 Å². The maximum Gasteiger partial charge on any atom is 0.254 e. The summed E-state index contributed by atoms with van der Waals surface area (Å²) in [6.07, 6.45) is 0.900. The first-order chi connectivity index (χ1) is 10.5. The molecule has 2 aromatic rings. The Labute approximate surface area is 127 Å². The molecule has 2 unspecified atom stereocenters. The molecule has 22 heavy (non-hydrogen) atoms. The zero-order valence-electron chi connectivity index (χ0n) is 12.4. The van der Waals surface area contributed by atoms with Crippen LogP contribution in [-0.4, -0.2) is 24.2 Å². The Balaban J connectivity index is 1.96. The van der Waals surface area contributed by atoms with Gasteiger partial charge in [0.25, 0.3) is 5.91 Å². The number of nitrogens with one attached hydrogen (secondary N) is 1. The van der Waals surface area contributed by atoms with Crippen molar-refractivity contribution in [1.29, 1.82) is 0 Å². The number of halogens is 1. The third-order valence-electron chi connectivity index (χ3n) is 3.25. The lowest BCUT2D eigenvalue weighted by Gasteiger charge is -2.17. The quantitative estimate of drug-likeness (QED) is 0.860. The molecule has 0 spiro atoms. The van der Waals surface area contributed by atoms with Crippen molar-refractivity contribution >= 4 is 5.91 Å². The first-order valence-corrected chi connectivity index (χ1v) is 6.87. The molecule has 0 saturated heterocycles. The van der Waals surface area contributed by atoms with E-state index in [0.717, 1.165) is 6.07 Å². The van der Waals surface area contributed by atoms with Crippen LogP contribution >= 0.6 is 0 Å². The van der Waals surface area contributed by atoms with Gasteiger partial charge in [-0.2, -0.15) is 0 Å². The molecular weight excluding hydrogens is 289 g/mol. The van der Waals surface area contributed by atoms with Crippen LogP contribution in [0.25, 0.3) is 0 Å². The monoisotopic (exact) mass is 307 g/mol. The number of aliphatic hydroxyl groups is 1. The van der Waals surface area contributed by atoms with Crippen molar-refractivity contribution in [2.24, 2.45) is 0 Å². The molecule has 0 bridgehead atoms. The number of methoxy groups -OCH3 is 1. The fourth-order valence-electron chi connectivity index (χ4n) is 2.10. The molecular formula is C16H18FNO4. The molecule has 0 saturated carbocycles. The van der Waals surface area contributed by atoms with Gasteiger partial charge in [0.2, 0.25) is 0 Å². The van der Waals surface area contributed by atoms with Gasteiger partial charge in [-0.3, -0.25) is 4.79 Å². The van der Waals surface area contributed by atoms with E-state index in [4.69, 9.17) is 9.15 Å². The number of rotatable bonds is 6. The van der Waals surface area contributed by atoms with Crippen molar-refractivity contribution in [1.82, 2.24) is 5.32 Å². The number of benzene rings is 1. The number of carbonyl (C=O) groups excluding carboxylic acids is 1. The molecule has 2 rings (SSSR count). The molecule has 1 aromatic heterocycles. The SMILES string of the molecule is COc1ccc(C(=O)NC(C)CC(O)c2ccco2)c(F)c1. The van der Waals surface area contributed by atoms with Crippen molar-refractivity contribution in [3.8, 4) is 5.75 Å². The fraction of sp³-hybridized carbons (Fsp3) is 0.312. The highest BCUT2D eigenvalue weighted by Crippen LogP contribution is 2.19. The first-order valence-electron chi connectivity index (χ1n) is 6.87. The number of hydrogen-bond donors (Lipinski definition) is 2. The summed E-state index contributed by atoms with van der Waals surface area (Å²) >= 11 is 0. The molecule has 2 N–H and O–H groups in total. The minimum Gasteiger partial charge on any atom is -0.497 e. The Kier molecular flexibility index (Phi) is 5.16. The highest BCUT2D eigenvalue weighted by molar-refractivity contribution is 5.94. The van der Waals surface area contributed by atoms with E-state index < -0.39 is 17.8 Å². The zero-order valence-corrected chi connectivity index (χ0v) is 12.4. The lowest BCUT2D eigenvalue weighted by molar-refractivity contribution is 0.0899. The highest BCUT2D eigenvalue weighted by atomic mass is 19.1. The second kappa shape index (κ2) is 7.09. The van der Waals surface area contributed by atoms with Crippen LogP contribution in [0.2, 0.25) is 0 Å². The van der Waals surface area contributed by atoms with Crippen molar-refractivity contribution in [2.45, 2.75) is 25.5 Å². The smallest absolute Gasteiger partial charge is 0.254 e. The summed E-state index contributed by atoms with van der Waals surface area (Å²) in [5.41, 5.74) is -0.0693. The highest BCUT2D eigenvalue weighted by Gasteiger charge is 2.19. The second-order valence-electron chi connectivity index (χ2n) is 4.99. The molecule has 2 atom stereocenters. The molecule has 0 fully saturated rings. The molecule has 0 aliphatic heterocycles. The summed E-state index contributed by atoms with van der Waals surface area (Å²) in [5, 5.41) is 12.6. The van der Waals surface area contributed by atoms with Gasteiger partial charge < -0.3 is 19.6 Å². The molecule has 1 amide bonds. The van der Waals surface area contributed by atoms with Crippen LogP contribution in [-0.2, 0) is 0 Å². The Morgan fingerprint density at radius 1 is 1.45 bits per heavy atom. The number of ether oxygens (including phenoxy) is 1. The number of carbonyl (C=O) groups is 1. The van der Waals surface area contributed by atoms with Crippen LogP contribution < -0.4 is 10.1 Å². The second-order valence-corrected chi connectivity index (χ2v) is 4.99. The van der Waals surface area contributed by atoms with E-state index in [9.17, 15) is 14.3 Å². The van der Waals surface area contributed by atoms with Gasteiger partial charge in [0.05, 0.1) is 18.9 Å². The summed E-state index contributed by atoms with van der Waals surface area (Å²) in [4.78, 5) is 12.0. The molecule has 0 radical (unpaired) electrons. The van der Waals surface area contributed by atoms with Crippen molar-refractivity contribution in [3.63, 3.8) is 0 Å². The Bertz CT molecular complexity index is 627. The Morgan fingerprint density at radius 3 is 2.82 bits per heavy atom. The van der Waals surface area contributed by atoms with Gasteiger partial charge in [0.15, 0.2) is 0 Å². The zero-order chi connectivity index (χ0) is 16.1. The Hall–Kier alpha value is -2.34. The van der Waals surface area contributed by atoms with Gasteiger partial charge in [-0.25, -0.2) is 4.39 Å². The lowest BCUT2D eigenvalue weighted by Crippen LogP contribution is -2.34. The maximum absolute atomic E-state index is 13.8. The number of aliphatic hydroxyl groups excluding tert-OH is 1. The fourth-order valence-corrected chi connectivity index (χ4v) is 2.10. The van der Waals surface area contributed by atoms with Crippen LogP contribution in [0.3, 0.4) is 0 Å². The lowest BCUT2D eigenvalue weighted by atomic mass is 10.1. The predicted molar refractivity (Wildman–Crippen MR) is 78.2 cm³/mol. The third kappa shape index (κ3) is 3.85. The number of amides is 1. The molecule has 5 nitrogen and oxygen atoms in total. The summed E-state index contributed by atoms with van der Waals surface area (Å²) in [6.45, 7) is 1.73. The summed E-state index contributed by atoms with van der Waals surface area (Å²) < 4.78 is 23.8. The van der Waals surface area contributed by atoms with E-state index in [1.165, 1.54) is 25.5 Å². The largest absolute Gasteiger partial charge is 0.497 e. The average Bonchev–Trinajstić information content (AvgIpc) is 3.00. The van der Waals surface area contributed by atoms with Crippen LogP contribution in [0.5, 0.6) is 5.75 Å². The molecule has 1 aromatic carbocycles. The van der Waals surface area contributed by atoms with Gasteiger partial charge in [-0.05, 0) is 31.2 Å². The number of hydrogen-bond acceptors (Lipinski definition) is 4. The summed E-state index contributed by atoms with van der Waals surface area (Å²) in [7, 11) is 1.42. The van der Waals surface area contributed by atoms with Gasteiger partial charge in [-0.1, -0.05) is 0 Å². The standard InChI is InChI=1S/C16H18FNO4/c1-10(8-14(19)15-4-3-7-22-15)18-16(20)12-6-5-11(21-2)9-13(12)17/h3-7,9-10,14,19H,8H2,1-2H3,(H,18,20). The van der Waals surface area contributed by atoms with Crippen LogP contribution in [0.4, 0.5) is 4.39 Å². The molecule has 0 aliphatic carbocycles. The van der Waals surface area contributed by atoms with E-state index in [0.29, 0.717) is 11.5 Å². The van der Waals surface area contributed by atoms with Gasteiger partial charge >= 0.3 is 0 Å². The third-order valence-corrected chi connectivity index (χ3v) is 3.25. The van der Waals surface area contributed by atoms with E-state index in [2.05, 4.69) is 5.32 Å². The van der Waals surface area contributed by atoms with Crippen LogP contribution in [0.1, 0.15) is 35.6 Å². The molecule has 1 heterocycles. The number of furan rings is 1. The Morgan fingerprint density at radius 2 is 2.23 bits per heavy atom. The normalized spacial score (nSPS) is 13.5. The first kappa shape index (κ1) is 16.0. The van der Waals surface area contributed by atoms with E-state index in [1.807, 2.05) is 0 Å². The summed E-state index contributed by atoms with van der Waals surface area (Å²) in [6, 6.07) is 7.00. The molecule has 118 valence electrons. The van der Waals surface area contributed by atoms with Gasteiger partial charge in [0, 0.05) is 18.5 Å². The van der Waals surface area contributed by atoms with Gasteiger partial charge in [-0.15, -0.1) is 0 Å². The topological polar surface area (TPSA) is 71.7 Å². The minimum atomic E-state index is -0.828. The van der Waals surface area contributed by atoms with Crippen molar-refractivity contribution in [3.05, 3.63) is 53.7 Å². The van der Waals surface area contributed by atoms with Gasteiger partial charge in [0.1, 0.15) is 23.4 Å². The summed E-state index contributed by atoms with van der Waals surface area (Å²) in [5.74, 6) is -0.429. The average molecular weight is 307 g/mol. The van der Waals surface area contributed by atoms with Crippen LogP contribution in [0, 0.1) is 5.82 Å². The van der Waals surface area contributed by atoms with E-state index >= 15 is 0 Å². The molecule has 0 aliphatic rings. The minimum absolute atomic E-state index is 0.0693. The predicted octanol–water partition coefficient (Wildman–Crippen LogP) is 2.67. The van der Waals surface area contributed by atoms with E-state index in [-0.39, 0.29) is 18.0 Å².